The molecular weight excluding hydrogens is 408 g/mol. The number of allylic oxidation sites excluding steroid dienone is 1. The maximum absolute atomic E-state index is 12.8. The van der Waals surface area contributed by atoms with E-state index in [-0.39, 0.29) is 24.8 Å². The molecule has 0 aliphatic carbocycles. The number of esters is 1. The highest BCUT2D eigenvalue weighted by molar-refractivity contribution is 6.15. The number of carbonyl (C=O) groups excluding carboxylic acids is 2. The van der Waals surface area contributed by atoms with Crippen molar-refractivity contribution in [3.63, 3.8) is 0 Å². The van der Waals surface area contributed by atoms with E-state index >= 15 is 0 Å². The summed E-state index contributed by atoms with van der Waals surface area (Å²) in [6.45, 7) is 1.74. The Hall–Kier alpha value is -4.06. The zero-order chi connectivity index (χ0) is 22.5. The third-order valence-corrected chi connectivity index (χ3v) is 4.96. The van der Waals surface area contributed by atoms with Crippen molar-refractivity contribution in [2.45, 2.75) is 13.5 Å². The van der Waals surface area contributed by atoms with Crippen LogP contribution in [0.3, 0.4) is 0 Å². The Balaban J connectivity index is 1.41. The largest absolute Gasteiger partial charge is 0.497 e. The minimum Gasteiger partial charge on any atom is -0.497 e. The fraction of sp³-hybridized carbons (Fsp3) is 0.154. The van der Waals surface area contributed by atoms with E-state index in [1.165, 1.54) is 0 Å². The number of ether oxygens (including phenoxy) is 4. The van der Waals surface area contributed by atoms with Crippen molar-refractivity contribution in [3.8, 4) is 17.2 Å². The second-order valence-corrected chi connectivity index (χ2v) is 7.26. The number of hydrogen-bond donors (Lipinski definition) is 0. The highest BCUT2D eigenvalue weighted by Gasteiger charge is 2.30. The van der Waals surface area contributed by atoms with Gasteiger partial charge in [0, 0.05) is 6.07 Å². The normalized spacial score (nSPS) is 13.4. The van der Waals surface area contributed by atoms with Crippen LogP contribution in [0.15, 0.2) is 72.5 Å². The van der Waals surface area contributed by atoms with E-state index in [9.17, 15) is 9.59 Å². The molecule has 0 N–H and O–H groups in total. The van der Waals surface area contributed by atoms with Gasteiger partial charge in [0.1, 0.15) is 23.9 Å². The SMILES string of the molecule is COc1ccc(/C=C2\Oc3cc(OCC(=O)OCc4ccccc4)cc(C)c3C2=O)cc1. The van der Waals surface area contributed by atoms with E-state index in [2.05, 4.69) is 0 Å². The van der Waals surface area contributed by atoms with Crippen LogP contribution >= 0.6 is 0 Å². The Morgan fingerprint density at radius 1 is 1.00 bits per heavy atom. The summed E-state index contributed by atoms with van der Waals surface area (Å²) in [6, 6.07) is 20.0. The van der Waals surface area contributed by atoms with Crippen molar-refractivity contribution in [2.24, 2.45) is 0 Å². The third kappa shape index (κ3) is 4.81. The van der Waals surface area contributed by atoms with Gasteiger partial charge in [-0.2, -0.15) is 0 Å². The van der Waals surface area contributed by atoms with E-state index in [1.807, 2.05) is 54.6 Å². The van der Waals surface area contributed by atoms with Crippen LogP contribution in [0.2, 0.25) is 0 Å². The summed E-state index contributed by atoms with van der Waals surface area (Å²) in [5.74, 6) is 1.12. The van der Waals surface area contributed by atoms with Crippen molar-refractivity contribution in [2.75, 3.05) is 13.7 Å². The van der Waals surface area contributed by atoms with Gasteiger partial charge >= 0.3 is 5.97 Å². The van der Waals surface area contributed by atoms with E-state index in [0.717, 1.165) is 16.9 Å². The molecule has 3 aromatic rings. The van der Waals surface area contributed by atoms with Crippen molar-refractivity contribution >= 4 is 17.8 Å². The van der Waals surface area contributed by atoms with Crippen LogP contribution in [0.5, 0.6) is 17.2 Å². The second kappa shape index (κ2) is 9.39. The molecule has 162 valence electrons. The molecule has 1 aliphatic rings. The average Bonchev–Trinajstić information content (AvgIpc) is 3.13. The van der Waals surface area contributed by atoms with Crippen LogP contribution in [0.25, 0.3) is 6.08 Å². The summed E-state index contributed by atoms with van der Waals surface area (Å²) in [5, 5.41) is 0. The zero-order valence-electron chi connectivity index (χ0n) is 17.8. The van der Waals surface area contributed by atoms with Crippen molar-refractivity contribution in [3.05, 3.63) is 94.7 Å². The molecule has 4 rings (SSSR count). The Morgan fingerprint density at radius 2 is 1.75 bits per heavy atom. The molecule has 1 aliphatic heterocycles. The van der Waals surface area contributed by atoms with Gasteiger partial charge in [0.15, 0.2) is 12.4 Å². The molecule has 0 saturated carbocycles. The molecule has 0 spiro atoms. The first-order valence-electron chi connectivity index (χ1n) is 10.1. The monoisotopic (exact) mass is 430 g/mol. The number of carbonyl (C=O) groups is 2. The number of rotatable bonds is 7. The number of fused-ring (bicyclic) bond motifs is 1. The molecule has 0 unspecified atom stereocenters. The number of hydrogen-bond acceptors (Lipinski definition) is 6. The molecular formula is C26H22O6. The summed E-state index contributed by atoms with van der Waals surface area (Å²) < 4.78 is 21.7. The van der Waals surface area contributed by atoms with Crippen LogP contribution in [0.1, 0.15) is 27.0 Å². The summed E-state index contributed by atoms with van der Waals surface area (Å²) in [7, 11) is 1.60. The quantitative estimate of drug-likeness (QED) is 0.398. The molecule has 0 aromatic heterocycles. The zero-order valence-corrected chi connectivity index (χ0v) is 17.8. The highest BCUT2D eigenvalue weighted by Crippen LogP contribution is 2.37. The second-order valence-electron chi connectivity index (χ2n) is 7.26. The Morgan fingerprint density at radius 3 is 2.47 bits per heavy atom. The van der Waals surface area contributed by atoms with Crippen LogP contribution in [0, 0.1) is 6.92 Å². The Bertz CT molecular complexity index is 1160. The number of methoxy groups -OCH3 is 1. The van der Waals surface area contributed by atoms with Gasteiger partial charge in [0.05, 0.1) is 12.7 Å². The Labute approximate surface area is 186 Å². The number of Topliss-reactive ketones (excluding diaryl/α,β-unsaturated/α-hetero) is 1. The van der Waals surface area contributed by atoms with E-state index in [0.29, 0.717) is 22.6 Å². The molecule has 0 saturated heterocycles. The molecule has 1 heterocycles. The lowest BCUT2D eigenvalue weighted by Crippen LogP contribution is -2.14. The molecule has 0 amide bonds. The molecule has 32 heavy (non-hydrogen) atoms. The van der Waals surface area contributed by atoms with Gasteiger partial charge in [-0.05, 0) is 47.9 Å². The maximum Gasteiger partial charge on any atom is 0.344 e. The third-order valence-electron chi connectivity index (χ3n) is 4.96. The summed E-state index contributed by atoms with van der Waals surface area (Å²) in [5.41, 5.74) is 2.91. The summed E-state index contributed by atoms with van der Waals surface area (Å²) in [4.78, 5) is 24.8. The van der Waals surface area contributed by atoms with Gasteiger partial charge < -0.3 is 18.9 Å². The maximum atomic E-state index is 12.8. The number of aryl methyl sites for hydroxylation is 1. The summed E-state index contributed by atoms with van der Waals surface area (Å²) >= 11 is 0. The fourth-order valence-electron chi connectivity index (χ4n) is 3.33. The first kappa shape index (κ1) is 21.2. The standard InChI is InChI=1S/C26H22O6/c1-17-12-21(30-16-24(27)31-15-19-6-4-3-5-7-19)14-22-25(17)26(28)23(32-22)13-18-8-10-20(29-2)11-9-18/h3-14H,15-16H2,1-2H3/b23-13-. The molecule has 6 nitrogen and oxygen atoms in total. The number of benzene rings is 3. The average molecular weight is 430 g/mol. The lowest BCUT2D eigenvalue weighted by Gasteiger charge is -2.09. The van der Waals surface area contributed by atoms with E-state index in [1.54, 1.807) is 32.2 Å². The summed E-state index contributed by atoms with van der Waals surface area (Å²) in [6.07, 6.45) is 1.68. The van der Waals surface area contributed by atoms with E-state index in [4.69, 9.17) is 18.9 Å². The van der Waals surface area contributed by atoms with Crippen molar-refractivity contribution in [1.29, 1.82) is 0 Å². The van der Waals surface area contributed by atoms with Crippen molar-refractivity contribution in [1.82, 2.24) is 0 Å². The smallest absolute Gasteiger partial charge is 0.344 e. The van der Waals surface area contributed by atoms with Gasteiger partial charge in [-0.15, -0.1) is 0 Å². The minimum absolute atomic E-state index is 0.184. The molecule has 0 fully saturated rings. The highest BCUT2D eigenvalue weighted by atomic mass is 16.6. The lowest BCUT2D eigenvalue weighted by molar-refractivity contribution is -0.147. The fourth-order valence-corrected chi connectivity index (χ4v) is 3.33. The van der Waals surface area contributed by atoms with Crippen LogP contribution in [-0.4, -0.2) is 25.5 Å². The molecule has 0 bridgehead atoms. The van der Waals surface area contributed by atoms with Gasteiger partial charge in [0.25, 0.3) is 0 Å². The predicted octanol–water partition coefficient (Wildman–Crippen LogP) is 4.74. The van der Waals surface area contributed by atoms with Crippen LogP contribution in [-0.2, 0) is 16.1 Å². The van der Waals surface area contributed by atoms with Gasteiger partial charge in [-0.25, -0.2) is 4.79 Å². The first-order valence-corrected chi connectivity index (χ1v) is 10.1. The molecule has 0 atom stereocenters. The van der Waals surface area contributed by atoms with Crippen LogP contribution in [0.4, 0.5) is 0 Å². The number of ketones is 1. The minimum atomic E-state index is -0.482. The van der Waals surface area contributed by atoms with Gasteiger partial charge in [-0.1, -0.05) is 42.5 Å². The molecule has 3 aromatic carbocycles. The first-order chi connectivity index (χ1) is 15.5. The lowest BCUT2D eigenvalue weighted by atomic mass is 10.0. The van der Waals surface area contributed by atoms with Gasteiger partial charge in [-0.3, -0.25) is 4.79 Å². The molecule has 6 heteroatoms. The molecule has 0 radical (unpaired) electrons. The van der Waals surface area contributed by atoms with Crippen LogP contribution < -0.4 is 14.2 Å². The predicted molar refractivity (Wildman–Crippen MR) is 119 cm³/mol. The van der Waals surface area contributed by atoms with Crippen molar-refractivity contribution < 1.29 is 28.5 Å². The topological polar surface area (TPSA) is 71.1 Å². The van der Waals surface area contributed by atoms with Gasteiger partial charge in [0.2, 0.25) is 5.78 Å². The Kier molecular flexibility index (Phi) is 6.22. The van der Waals surface area contributed by atoms with E-state index < -0.39 is 5.97 Å².